The third-order valence-electron chi connectivity index (χ3n) is 4.19. The second-order valence-corrected chi connectivity index (χ2v) is 5.23. The minimum atomic E-state index is 0.689. The first-order chi connectivity index (χ1) is 7.39. The highest BCUT2D eigenvalue weighted by Crippen LogP contribution is 2.57. The van der Waals surface area contributed by atoms with Gasteiger partial charge in [-0.2, -0.15) is 0 Å². The van der Waals surface area contributed by atoms with Crippen LogP contribution in [0.3, 0.4) is 0 Å². The minimum Gasteiger partial charge on any atom is -0.316 e. The van der Waals surface area contributed by atoms with E-state index in [9.17, 15) is 0 Å². The molecule has 2 aliphatic rings. The molecule has 0 radical (unpaired) electrons. The van der Waals surface area contributed by atoms with Crippen molar-refractivity contribution in [1.29, 1.82) is 0 Å². The summed E-state index contributed by atoms with van der Waals surface area (Å²) in [5.41, 5.74) is 2.21. The average Bonchev–Trinajstić information content (AvgIpc) is 2.93. The summed E-state index contributed by atoms with van der Waals surface area (Å²) in [6, 6.07) is 11.0. The second-order valence-electron chi connectivity index (χ2n) is 5.23. The maximum Gasteiger partial charge on any atom is 0.00107 e. The van der Waals surface area contributed by atoms with Gasteiger partial charge in [-0.1, -0.05) is 30.3 Å². The topological polar surface area (TPSA) is 12.0 Å². The van der Waals surface area contributed by atoms with E-state index in [-0.39, 0.29) is 0 Å². The van der Waals surface area contributed by atoms with Crippen molar-refractivity contribution in [2.24, 2.45) is 11.3 Å². The van der Waals surface area contributed by atoms with Gasteiger partial charge in [-0.15, -0.1) is 0 Å². The Morgan fingerprint density at radius 2 is 2.13 bits per heavy atom. The van der Waals surface area contributed by atoms with Gasteiger partial charge in [0.1, 0.15) is 0 Å². The molecule has 1 heterocycles. The summed E-state index contributed by atoms with van der Waals surface area (Å²) in [5.74, 6) is 0.952. The predicted octanol–water partition coefficient (Wildman–Crippen LogP) is 2.62. The van der Waals surface area contributed by atoms with Crippen LogP contribution < -0.4 is 5.32 Å². The highest BCUT2D eigenvalue weighted by atomic mass is 14.9. The molecule has 2 fully saturated rings. The molecule has 1 aromatic rings. The molecule has 1 aromatic carbocycles. The number of hydrogen-bond acceptors (Lipinski definition) is 1. The van der Waals surface area contributed by atoms with Crippen LogP contribution in [-0.4, -0.2) is 13.1 Å². The molecule has 1 nitrogen and oxygen atoms in total. The van der Waals surface area contributed by atoms with Crippen LogP contribution >= 0.6 is 0 Å². The SMILES string of the molecule is c1ccc(CC2CC23CCCNC3)cc1. The predicted molar refractivity (Wildman–Crippen MR) is 62.8 cm³/mol. The Hall–Kier alpha value is -0.820. The molecule has 1 N–H and O–H groups in total. The van der Waals surface area contributed by atoms with E-state index in [0.29, 0.717) is 5.41 Å². The third kappa shape index (κ3) is 1.81. The van der Waals surface area contributed by atoms with Crippen molar-refractivity contribution < 1.29 is 0 Å². The van der Waals surface area contributed by atoms with Gasteiger partial charge < -0.3 is 5.32 Å². The molecule has 1 saturated heterocycles. The molecule has 2 atom stereocenters. The van der Waals surface area contributed by atoms with Crippen LogP contribution in [0, 0.1) is 11.3 Å². The molecule has 0 bridgehead atoms. The van der Waals surface area contributed by atoms with E-state index in [1.807, 2.05) is 0 Å². The van der Waals surface area contributed by atoms with Crippen LogP contribution in [-0.2, 0) is 6.42 Å². The zero-order valence-corrected chi connectivity index (χ0v) is 9.21. The molecule has 0 amide bonds. The zero-order valence-electron chi connectivity index (χ0n) is 9.21. The minimum absolute atomic E-state index is 0.689. The van der Waals surface area contributed by atoms with Crippen molar-refractivity contribution in [3.05, 3.63) is 35.9 Å². The second kappa shape index (κ2) is 3.64. The summed E-state index contributed by atoms with van der Waals surface area (Å²) in [4.78, 5) is 0. The van der Waals surface area contributed by atoms with Gasteiger partial charge in [0.05, 0.1) is 0 Å². The third-order valence-corrected chi connectivity index (χ3v) is 4.19. The summed E-state index contributed by atoms with van der Waals surface area (Å²) >= 11 is 0. The maximum atomic E-state index is 3.55. The molecule has 1 heteroatoms. The van der Waals surface area contributed by atoms with Crippen molar-refractivity contribution in [2.75, 3.05) is 13.1 Å². The molecule has 1 aliphatic carbocycles. The standard InChI is InChI=1S/C14H19N/c1-2-5-12(6-3-1)9-13-10-14(13)7-4-8-15-11-14/h1-3,5-6,13,15H,4,7-11H2. The Morgan fingerprint density at radius 3 is 2.87 bits per heavy atom. The Kier molecular flexibility index (Phi) is 2.28. The van der Waals surface area contributed by atoms with E-state index in [1.165, 1.54) is 44.3 Å². The molecule has 1 spiro atoms. The molecule has 1 saturated carbocycles. The van der Waals surface area contributed by atoms with Gasteiger partial charge in [-0.25, -0.2) is 0 Å². The van der Waals surface area contributed by atoms with Crippen molar-refractivity contribution in [1.82, 2.24) is 5.32 Å². The van der Waals surface area contributed by atoms with Crippen LogP contribution in [0.1, 0.15) is 24.8 Å². The molecule has 3 rings (SSSR count). The molecule has 15 heavy (non-hydrogen) atoms. The number of rotatable bonds is 2. The zero-order chi connectivity index (χ0) is 10.1. The molecular weight excluding hydrogens is 182 g/mol. The summed E-state index contributed by atoms with van der Waals surface area (Å²) in [5, 5.41) is 3.55. The van der Waals surface area contributed by atoms with E-state index in [2.05, 4.69) is 35.6 Å². The molecule has 80 valence electrons. The summed E-state index contributed by atoms with van der Waals surface area (Å²) in [6.45, 7) is 2.50. The van der Waals surface area contributed by atoms with E-state index >= 15 is 0 Å². The first-order valence-corrected chi connectivity index (χ1v) is 6.14. The summed E-state index contributed by atoms with van der Waals surface area (Å²) in [6.07, 6.45) is 5.58. The van der Waals surface area contributed by atoms with Crippen LogP contribution in [0.25, 0.3) is 0 Å². The number of nitrogens with one attached hydrogen (secondary N) is 1. The quantitative estimate of drug-likeness (QED) is 0.775. The summed E-state index contributed by atoms with van der Waals surface area (Å²) in [7, 11) is 0. The van der Waals surface area contributed by atoms with Gasteiger partial charge in [0, 0.05) is 6.54 Å². The average molecular weight is 201 g/mol. The smallest absolute Gasteiger partial charge is 0.00107 e. The molecule has 0 aromatic heterocycles. The van der Waals surface area contributed by atoms with Crippen LogP contribution in [0.2, 0.25) is 0 Å². The van der Waals surface area contributed by atoms with Crippen molar-refractivity contribution in [2.45, 2.75) is 25.7 Å². The van der Waals surface area contributed by atoms with E-state index in [1.54, 1.807) is 0 Å². The van der Waals surface area contributed by atoms with Crippen molar-refractivity contribution >= 4 is 0 Å². The number of hydrogen-bond donors (Lipinski definition) is 1. The van der Waals surface area contributed by atoms with E-state index < -0.39 is 0 Å². The van der Waals surface area contributed by atoms with E-state index in [0.717, 1.165) is 5.92 Å². The normalized spacial score (nSPS) is 34.3. The van der Waals surface area contributed by atoms with Gasteiger partial charge in [0.2, 0.25) is 0 Å². The Balaban J connectivity index is 1.63. The number of benzene rings is 1. The van der Waals surface area contributed by atoms with Gasteiger partial charge in [-0.05, 0) is 49.1 Å². The van der Waals surface area contributed by atoms with Crippen molar-refractivity contribution in [3.8, 4) is 0 Å². The van der Waals surface area contributed by atoms with Gasteiger partial charge in [0.15, 0.2) is 0 Å². The lowest BCUT2D eigenvalue weighted by Crippen LogP contribution is -2.32. The molecule has 2 unspecified atom stereocenters. The monoisotopic (exact) mass is 201 g/mol. The van der Waals surface area contributed by atoms with Gasteiger partial charge in [0.25, 0.3) is 0 Å². The fourth-order valence-corrected chi connectivity index (χ4v) is 3.13. The highest BCUT2D eigenvalue weighted by Gasteiger charge is 2.53. The Morgan fingerprint density at radius 1 is 1.27 bits per heavy atom. The van der Waals surface area contributed by atoms with Crippen LogP contribution in [0.15, 0.2) is 30.3 Å². The van der Waals surface area contributed by atoms with Crippen LogP contribution in [0.5, 0.6) is 0 Å². The fraction of sp³-hybridized carbons (Fsp3) is 0.571. The lowest BCUT2D eigenvalue weighted by Gasteiger charge is -2.23. The largest absolute Gasteiger partial charge is 0.316 e. The van der Waals surface area contributed by atoms with Gasteiger partial charge in [-0.3, -0.25) is 0 Å². The van der Waals surface area contributed by atoms with E-state index in [4.69, 9.17) is 0 Å². The van der Waals surface area contributed by atoms with Crippen LogP contribution in [0.4, 0.5) is 0 Å². The lowest BCUT2D eigenvalue weighted by molar-refractivity contribution is 0.327. The first-order valence-electron chi connectivity index (χ1n) is 6.14. The van der Waals surface area contributed by atoms with Crippen molar-refractivity contribution in [3.63, 3.8) is 0 Å². The summed E-state index contributed by atoms with van der Waals surface area (Å²) < 4.78 is 0. The lowest BCUT2D eigenvalue weighted by atomic mass is 9.91. The first kappa shape index (κ1) is 9.41. The Labute approximate surface area is 91.9 Å². The maximum absolute atomic E-state index is 3.55. The molecule has 1 aliphatic heterocycles. The van der Waals surface area contributed by atoms with Gasteiger partial charge >= 0.3 is 0 Å². The fourth-order valence-electron chi connectivity index (χ4n) is 3.13. The Bertz CT molecular complexity index is 324. The highest BCUT2D eigenvalue weighted by molar-refractivity contribution is 5.19. The number of piperidine rings is 1. The molecular formula is C14H19N.